The molecule has 3 aromatic rings. The highest BCUT2D eigenvalue weighted by molar-refractivity contribution is 6.05. The zero-order valence-corrected chi connectivity index (χ0v) is 18.8. The number of aromatic nitrogens is 1. The van der Waals surface area contributed by atoms with Crippen LogP contribution in [0.2, 0.25) is 0 Å². The summed E-state index contributed by atoms with van der Waals surface area (Å²) in [4.78, 5) is 41.9. The number of alkyl halides is 3. The van der Waals surface area contributed by atoms with E-state index in [-0.39, 0.29) is 49.0 Å². The molecule has 1 aromatic heterocycles. The van der Waals surface area contributed by atoms with E-state index < -0.39 is 41.7 Å². The van der Waals surface area contributed by atoms with E-state index in [9.17, 15) is 31.9 Å². The minimum absolute atomic E-state index is 0.00986. The molecule has 0 bridgehead atoms. The molecular weight excluding hydrogens is 502 g/mol. The van der Waals surface area contributed by atoms with Crippen molar-refractivity contribution in [3.63, 3.8) is 0 Å². The van der Waals surface area contributed by atoms with E-state index in [2.05, 4.69) is 15.0 Å². The second kappa shape index (κ2) is 9.22. The largest absolute Gasteiger partial charge is 0.573 e. The van der Waals surface area contributed by atoms with Gasteiger partial charge in [-0.3, -0.25) is 19.7 Å². The highest BCUT2D eigenvalue weighted by Crippen LogP contribution is 2.35. The zero-order chi connectivity index (χ0) is 26.3. The van der Waals surface area contributed by atoms with Gasteiger partial charge in [0, 0.05) is 23.6 Å². The smallest absolute Gasteiger partial charge is 0.485 e. The Balaban J connectivity index is 1.29. The number of nitrogens with zero attached hydrogens (tertiary/aromatic N) is 2. The molecule has 9 nitrogen and oxygen atoms in total. The molecule has 0 radical (unpaired) electrons. The molecule has 1 N–H and O–H groups in total. The van der Waals surface area contributed by atoms with Crippen molar-refractivity contribution in [2.45, 2.75) is 38.4 Å². The van der Waals surface area contributed by atoms with Gasteiger partial charge in [0.05, 0.1) is 18.3 Å². The van der Waals surface area contributed by atoms with E-state index >= 15 is 0 Å². The average Bonchev–Trinajstić information content (AvgIpc) is 3.42. The fourth-order valence-electron chi connectivity index (χ4n) is 4.18. The summed E-state index contributed by atoms with van der Waals surface area (Å²) in [6.45, 7) is -0.200. The van der Waals surface area contributed by atoms with Crippen molar-refractivity contribution in [2.75, 3.05) is 0 Å². The van der Waals surface area contributed by atoms with Crippen LogP contribution in [0.5, 0.6) is 11.5 Å². The van der Waals surface area contributed by atoms with Gasteiger partial charge in [-0.1, -0.05) is 0 Å². The molecule has 192 valence electrons. The van der Waals surface area contributed by atoms with Crippen LogP contribution < -0.4 is 14.8 Å². The third-order valence-electron chi connectivity index (χ3n) is 5.84. The lowest BCUT2D eigenvalue weighted by Crippen LogP contribution is -2.52. The van der Waals surface area contributed by atoms with E-state index in [1.54, 1.807) is 0 Å². The number of fused-ring (bicyclic) bond motifs is 1. The van der Waals surface area contributed by atoms with Gasteiger partial charge in [0.15, 0.2) is 5.76 Å². The summed E-state index contributed by atoms with van der Waals surface area (Å²) >= 11 is 0. The SMILES string of the molecule is O=C1CCC(N2Cc3c(OCc4cnc(-c5ccc(OC(F)(F)F)cc5)o4)cc(F)cc3C2=O)C(=O)N1. The summed E-state index contributed by atoms with van der Waals surface area (Å²) in [7, 11) is 0. The maximum absolute atomic E-state index is 14.3. The number of halogens is 4. The van der Waals surface area contributed by atoms with Crippen LogP contribution in [0.1, 0.15) is 34.5 Å². The topological polar surface area (TPSA) is 111 Å². The lowest BCUT2D eigenvalue weighted by atomic mass is 10.0. The fraction of sp³-hybridized carbons (Fsp3) is 0.250. The highest BCUT2D eigenvalue weighted by atomic mass is 19.4. The van der Waals surface area contributed by atoms with Crippen LogP contribution in [-0.4, -0.2) is 40.0 Å². The van der Waals surface area contributed by atoms with E-state index in [0.717, 1.165) is 24.3 Å². The first-order valence-electron chi connectivity index (χ1n) is 11.0. The second-order valence-electron chi connectivity index (χ2n) is 8.32. The molecule has 2 aliphatic heterocycles. The molecule has 3 amide bonds. The molecule has 0 saturated carbocycles. The van der Waals surface area contributed by atoms with Crippen LogP contribution in [0.4, 0.5) is 17.6 Å². The van der Waals surface area contributed by atoms with Crippen LogP contribution in [0.3, 0.4) is 0 Å². The predicted octanol–water partition coefficient (Wildman–Crippen LogP) is 3.72. The molecule has 1 saturated heterocycles. The summed E-state index contributed by atoms with van der Waals surface area (Å²) < 4.78 is 66.4. The number of carbonyl (C=O) groups is 3. The Kier molecular flexibility index (Phi) is 6.05. The van der Waals surface area contributed by atoms with Crippen molar-refractivity contribution in [1.82, 2.24) is 15.2 Å². The number of rotatable bonds is 6. The average molecular weight is 519 g/mol. The second-order valence-corrected chi connectivity index (χ2v) is 8.32. The van der Waals surface area contributed by atoms with E-state index in [4.69, 9.17) is 9.15 Å². The van der Waals surface area contributed by atoms with Crippen LogP contribution in [0, 0.1) is 5.82 Å². The van der Waals surface area contributed by atoms with Crippen molar-refractivity contribution >= 4 is 17.7 Å². The van der Waals surface area contributed by atoms with Crippen molar-refractivity contribution < 1.29 is 45.8 Å². The van der Waals surface area contributed by atoms with Crippen molar-refractivity contribution in [3.05, 3.63) is 65.3 Å². The molecule has 37 heavy (non-hydrogen) atoms. The number of piperidine rings is 1. The van der Waals surface area contributed by atoms with Gasteiger partial charge in [-0.25, -0.2) is 9.37 Å². The monoisotopic (exact) mass is 519 g/mol. The van der Waals surface area contributed by atoms with Crippen LogP contribution in [0.25, 0.3) is 11.5 Å². The Hall–Kier alpha value is -4.42. The Morgan fingerprint density at radius 1 is 1.14 bits per heavy atom. The lowest BCUT2D eigenvalue weighted by Gasteiger charge is -2.29. The number of oxazole rings is 1. The number of hydrogen-bond donors (Lipinski definition) is 1. The first kappa shape index (κ1) is 24.3. The molecule has 2 aromatic carbocycles. The maximum atomic E-state index is 14.3. The Morgan fingerprint density at radius 3 is 2.59 bits per heavy atom. The lowest BCUT2D eigenvalue weighted by molar-refractivity contribution is -0.274. The van der Waals surface area contributed by atoms with Crippen molar-refractivity contribution in [2.24, 2.45) is 0 Å². The zero-order valence-electron chi connectivity index (χ0n) is 18.8. The summed E-state index contributed by atoms with van der Waals surface area (Å²) in [6.07, 6.45) is -3.22. The summed E-state index contributed by atoms with van der Waals surface area (Å²) in [6, 6.07) is 6.22. The van der Waals surface area contributed by atoms with E-state index in [1.165, 1.54) is 23.2 Å². The number of amides is 3. The first-order chi connectivity index (χ1) is 17.6. The van der Waals surface area contributed by atoms with Gasteiger partial charge < -0.3 is 18.8 Å². The maximum Gasteiger partial charge on any atom is 0.573 e. The molecule has 1 fully saturated rings. The fourth-order valence-corrected chi connectivity index (χ4v) is 4.18. The number of ether oxygens (including phenoxy) is 2. The highest BCUT2D eigenvalue weighted by Gasteiger charge is 2.40. The quantitative estimate of drug-likeness (QED) is 0.390. The molecule has 1 unspecified atom stereocenters. The molecule has 3 heterocycles. The number of carbonyl (C=O) groups excluding carboxylic acids is 3. The molecule has 0 aliphatic carbocycles. The predicted molar refractivity (Wildman–Crippen MR) is 115 cm³/mol. The van der Waals surface area contributed by atoms with Crippen LogP contribution in [-0.2, 0) is 22.7 Å². The van der Waals surface area contributed by atoms with Gasteiger partial charge in [0.1, 0.15) is 30.0 Å². The molecule has 13 heteroatoms. The third-order valence-corrected chi connectivity index (χ3v) is 5.84. The first-order valence-corrected chi connectivity index (χ1v) is 11.0. The number of benzene rings is 2. The van der Waals surface area contributed by atoms with Gasteiger partial charge in [0.25, 0.3) is 5.91 Å². The Labute approximate surface area is 206 Å². The Morgan fingerprint density at radius 2 is 1.89 bits per heavy atom. The van der Waals surface area contributed by atoms with Crippen molar-refractivity contribution in [1.29, 1.82) is 0 Å². The summed E-state index contributed by atoms with van der Waals surface area (Å²) in [5, 5.41) is 2.20. The standard InChI is InChI=1S/C24H17F4N3O6/c25-13-7-16-17(10-31(23(16)34)18-5-6-20(32)30-21(18)33)19(8-13)35-11-15-9-29-22(36-15)12-1-3-14(4-2-12)37-24(26,27)28/h1-4,7-9,18H,5-6,10-11H2,(H,30,32,33). The number of nitrogens with one attached hydrogen (secondary N) is 1. The van der Waals surface area contributed by atoms with Gasteiger partial charge in [0.2, 0.25) is 17.7 Å². The van der Waals surface area contributed by atoms with Gasteiger partial charge in [-0.15, -0.1) is 13.2 Å². The van der Waals surface area contributed by atoms with Crippen molar-refractivity contribution in [3.8, 4) is 23.0 Å². The number of imide groups is 1. The van der Waals surface area contributed by atoms with Crippen LogP contribution >= 0.6 is 0 Å². The molecule has 2 aliphatic rings. The Bertz CT molecular complexity index is 1390. The molecule has 1 atom stereocenters. The van der Waals surface area contributed by atoms with Gasteiger partial charge >= 0.3 is 6.36 Å². The summed E-state index contributed by atoms with van der Waals surface area (Å²) in [5.41, 5.74) is 0.827. The minimum atomic E-state index is -4.81. The van der Waals surface area contributed by atoms with E-state index in [0.29, 0.717) is 11.1 Å². The third kappa shape index (κ3) is 5.10. The minimum Gasteiger partial charge on any atom is -0.485 e. The summed E-state index contributed by atoms with van der Waals surface area (Å²) in [5.74, 6) is -2.25. The van der Waals surface area contributed by atoms with Crippen LogP contribution in [0.15, 0.2) is 47.0 Å². The molecule has 5 rings (SSSR count). The number of hydrogen-bond acceptors (Lipinski definition) is 7. The van der Waals surface area contributed by atoms with Gasteiger partial charge in [-0.2, -0.15) is 0 Å². The van der Waals surface area contributed by atoms with Gasteiger partial charge in [-0.05, 0) is 36.8 Å². The van der Waals surface area contributed by atoms with E-state index in [1.807, 2.05) is 0 Å². The molecular formula is C24H17F4N3O6. The normalized spacial score (nSPS) is 17.6. The molecule has 0 spiro atoms.